The molecule has 0 aliphatic heterocycles. The van der Waals surface area contributed by atoms with E-state index in [1.165, 1.54) is 29.5 Å². The number of hydrogen-bond donors (Lipinski definition) is 1. The predicted molar refractivity (Wildman–Crippen MR) is 69.7 cm³/mol. The number of rotatable bonds is 0. The molecule has 16 heavy (non-hydrogen) atoms. The highest BCUT2D eigenvalue weighted by atomic mass is 35.5. The summed E-state index contributed by atoms with van der Waals surface area (Å²) in [6.45, 7) is 2.27. The monoisotopic (exact) mass is 253 g/mol. The average molecular weight is 254 g/mol. The lowest BCUT2D eigenvalue weighted by molar-refractivity contribution is 0.582. The molecule has 1 heterocycles. The SMILES string of the molecule is CC1CCCc2c1[nH]c1cc(Cl)c(Cl)cc21. The van der Waals surface area contributed by atoms with Gasteiger partial charge in [0.05, 0.1) is 10.0 Å². The van der Waals surface area contributed by atoms with Crippen LogP contribution in [0.15, 0.2) is 12.1 Å². The largest absolute Gasteiger partial charge is 0.358 e. The molecule has 1 aliphatic rings. The van der Waals surface area contributed by atoms with Gasteiger partial charge in [-0.25, -0.2) is 0 Å². The van der Waals surface area contributed by atoms with Crippen molar-refractivity contribution in [3.63, 3.8) is 0 Å². The third-order valence-corrected chi connectivity index (χ3v) is 4.26. The Morgan fingerprint density at radius 3 is 2.81 bits per heavy atom. The van der Waals surface area contributed by atoms with E-state index in [1.54, 1.807) is 0 Å². The van der Waals surface area contributed by atoms with Gasteiger partial charge in [0.1, 0.15) is 0 Å². The van der Waals surface area contributed by atoms with Gasteiger partial charge >= 0.3 is 0 Å². The van der Waals surface area contributed by atoms with Crippen molar-refractivity contribution in [2.45, 2.75) is 32.1 Å². The van der Waals surface area contributed by atoms with Crippen molar-refractivity contribution in [3.8, 4) is 0 Å². The maximum Gasteiger partial charge on any atom is 0.0613 e. The van der Waals surface area contributed by atoms with Gasteiger partial charge in [0.2, 0.25) is 0 Å². The summed E-state index contributed by atoms with van der Waals surface area (Å²) in [5, 5.41) is 2.52. The fourth-order valence-corrected chi connectivity index (χ4v) is 3.01. The number of fused-ring (bicyclic) bond motifs is 3. The lowest BCUT2D eigenvalue weighted by Crippen LogP contribution is -2.05. The van der Waals surface area contributed by atoms with Crippen LogP contribution in [-0.2, 0) is 6.42 Å². The fraction of sp³-hybridized carbons (Fsp3) is 0.385. The molecule has 3 heteroatoms. The Morgan fingerprint density at radius 2 is 2.00 bits per heavy atom. The van der Waals surface area contributed by atoms with Crippen LogP contribution in [0.2, 0.25) is 10.0 Å². The van der Waals surface area contributed by atoms with Crippen molar-refractivity contribution in [3.05, 3.63) is 33.4 Å². The Hall–Kier alpha value is -0.660. The van der Waals surface area contributed by atoms with E-state index in [1.807, 2.05) is 12.1 Å². The van der Waals surface area contributed by atoms with Gasteiger partial charge in [-0.05, 0) is 42.9 Å². The van der Waals surface area contributed by atoms with Gasteiger partial charge in [-0.3, -0.25) is 0 Å². The number of H-pyrrole nitrogens is 1. The molecular formula is C13H13Cl2N. The highest BCUT2D eigenvalue weighted by Crippen LogP contribution is 2.38. The molecule has 1 unspecified atom stereocenters. The molecule has 1 N–H and O–H groups in total. The molecule has 3 rings (SSSR count). The normalized spacial score (nSPS) is 20.1. The number of aryl methyl sites for hydroxylation is 1. The van der Waals surface area contributed by atoms with Crippen LogP contribution in [0.5, 0.6) is 0 Å². The Kier molecular flexibility index (Phi) is 2.41. The van der Waals surface area contributed by atoms with E-state index in [9.17, 15) is 0 Å². The van der Waals surface area contributed by atoms with E-state index >= 15 is 0 Å². The molecule has 1 aliphatic carbocycles. The van der Waals surface area contributed by atoms with Gasteiger partial charge in [-0.1, -0.05) is 30.1 Å². The fourth-order valence-electron chi connectivity index (χ4n) is 2.68. The van der Waals surface area contributed by atoms with E-state index < -0.39 is 0 Å². The highest BCUT2D eigenvalue weighted by molar-refractivity contribution is 6.42. The molecule has 1 nitrogen and oxygen atoms in total. The molecule has 0 bridgehead atoms. The third kappa shape index (κ3) is 1.46. The van der Waals surface area contributed by atoms with E-state index in [4.69, 9.17) is 23.2 Å². The Bertz CT molecular complexity index is 557. The summed E-state index contributed by atoms with van der Waals surface area (Å²) >= 11 is 12.1. The van der Waals surface area contributed by atoms with Crippen LogP contribution in [0.1, 0.15) is 36.9 Å². The smallest absolute Gasteiger partial charge is 0.0613 e. The van der Waals surface area contributed by atoms with Crippen LogP contribution in [0.3, 0.4) is 0 Å². The summed E-state index contributed by atoms with van der Waals surface area (Å²) < 4.78 is 0. The number of aromatic nitrogens is 1. The van der Waals surface area contributed by atoms with Crippen LogP contribution < -0.4 is 0 Å². The second kappa shape index (κ2) is 3.68. The summed E-state index contributed by atoms with van der Waals surface area (Å²) in [7, 11) is 0. The Labute approximate surface area is 105 Å². The molecule has 1 aromatic carbocycles. The van der Waals surface area contributed by atoms with Crippen molar-refractivity contribution >= 4 is 34.1 Å². The van der Waals surface area contributed by atoms with Crippen molar-refractivity contribution in [2.24, 2.45) is 0 Å². The van der Waals surface area contributed by atoms with Crippen molar-refractivity contribution in [2.75, 3.05) is 0 Å². The van der Waals surface area contributed by atoms with E-state index in [-0.39, 0.29) is 0 Å². The number of nitrogens with one attached hydrogen (secondary N) is 1. The van der Waals surface area contributed by atoms with Crippen molar-refractivity contribution < 1.29 is 0 Å². The molecule has 1 atom stereocenters. The second-order valence-electron chi connectivity index (χ2n) is 4.62. The minimum absolute atomic E-state index is 0.619. The highest BCUT2D eigenvalue weighted by Gasteiger charge is 2.21. The summed E-state index contributed by atoms with van der Waals surface area (Å²) in [6, 6.07) is 3.93. The number of benzene rings is 1. The van der Waals surface area contributed by atoms with Crippen LogP contribution in [-0.4, -0.2) is 4.98 Å². The van der Waals surface area contributed by atoms with Gasteiger partial charge in [-0.15, -0.1) is 0 Å². The molecule has 0 saturated carbocycles. The summed E-state index contributed by atoms with van der Waals surface area (Å²) in [4.78, 5) is 3.49. The lowest BCUT2D eigenvalue weighted by atomic mass is 9.88. The summed E-state index contributed by atoms with van der Waals surface area (Å²) in [5.74, 6) is 0.619. The molecule has 0 amide bonds. The Morgan fingerprint density at radius 1 is 1.25 bits per heavy atom. The van der Waals surface area contributed by atoms with E-state index in [0.717, 1.165) is 11.9 Å². The Balaban J connectivity index is 2.32. The first-order valence-electron chi connectivity index (χ1n) is 5.66. The molecule has 2 aromatic rings. The van der Waals surface area contributed by atoms with Gasteiger partial charge in [0.25, 0.3) is 0 Å². The maximum atomic E-state index is 6.08. The van der Waals surface area contributed by atoms with Crippen LogP contribution in [0.4, 0.5) is 0 Å². The van der Waals surface area contributed by atoms with Gasteiger partial charge in [0, 0.05) is 16.6 Å². The number of aromatic amines is 1. The topological polar surface area (TPSA) is 15.8 Å². The molecule has 0 fully saturated rings. The van der Waals surface area contributed by atoms with Gasteiger partial charge in [-0.2, -0.15) is 0 Å². The minimum atomic E-state index is 0.619. The second-order valence-corrected chi connectivity index (χ2v) is 5.44. The van der Waals surface area contributed by atoms with Crippen molar-refractivity contribution in [1.29, 1.82) is 0 Å². The lowest BCUT2D eigenvalue weighted by Gasteiger charge is -2.18. The first kappa shape index (κ1) is 10.5. The zero-order valence-electron chi connectivity index (χ0n) is 9.11. The predicted octanol–water partition coefficient (Wildman–Crippen LogP) is 4.91. The molecule has 84 valence electrons. The molecule has 0 radical (unpaired) electrons. The molecular weight excluding hydrogens is 241 g/mol. The number of halogens is 2. The molecule has 0 saturated heterocycles. The van der Waals surface area contributed by atoms with Gasteiger partial charge in [0.15, 0.2) is 0 Å². The number of hydrogen-bond acceptors (Lipinski definition) is 0. The van der Waals surface area contributed by atoms with Crippen LogP contribution in [0, 0.1) is 0 Å². The summed E-state index contributed by atoms with van der Waals surface area (Å²) in [6.07, 6.45) is 3.68. The molecule has 0 spiro atoms. The quantitative estimate of drug-likeness (QED) is 0.687. The van der Waals surface area contributed by atoms with Crippen molar-refractivity contribution in [1.82, 2.24) is 4.98 Å². The standard InChI is InChI=1S/C13H13Cl2N/c1-7-3-2-4-8-9-5-10(14)11(15)6-12(9)16-13(7)8/h5-7,16H,2-4H2,1H3. The first-order valence-corrected chi connectivity index (χ1v) is 6.42. The minimum Gasteiger partial charge on any atom is -0.358 e. The van der Waals surface area contributed by atoms with Gasteiger partial charge < -0.3 is 4.98 Å². The zero-order chi connectivity index (χ0) is 11.3. The van der Waals surface area contributed by atoms with E-state index in [2.05, 4.69) is 11.9 Å². The van der Waals surface area contributed by atoms with Crippen LogP contribution >= 0.6 is 23.2 Å². The van der Waals surface area contributed by atoms with E-state index in [0.29, 0.717) is 16.0 Å². The first-order chi connectivity index (χ1) is 7.66. The summed E-state index contributed by atoms with van der Waals surface area (Å²) in [5.41, 5.74) is 3.93. The average Bonchev–Trinajstić information content (AvgIpc) is 2.59. The zero-order valence-corrected chi connectivity index (χ0v) is 10.6. The van der Waals surface area contributed by atoms with Crippen LogP contribution in [0.25, 0.3) is 10.9 Å². The maximum absolute atomic E-state index is 6.08. The molecule has 1 aromatic heterocycles. The third-order valence-electron chi connectivity index (χ3n) is 3.54.